The molecule has 0 saturated carbocycles. The summed E-state index contributed by atoms with van der Waals surface area (Å²) < 4.78 is 0. The number of hydrogen-bond donors (Lipinski definition) is 0. The summed E-state index contributed by atoms with van der Waals surface area (Å²) in [6.45, 7) is 15.5. The second-order valence-corrected chi connectivity index (χ2v) is 8.64. The van der Waals surface area contributed by atoms with E-state index in [0.717, 1.165) is 39.0 Å². The molecule has 30 heavy (non-hydrogen) atoms. The van der Waals surface area contributed by atoms with Crippen LogP contribution in [0.2, 0.25) is 0 Å². The topological polar surface area (TPSA) is 6.48 Å². The highest BCUT2D eigenvalue weighted by Crippen LogP contribution is 2.26. The normalized spacial score (nSPS) is 14.2. The quantitative estimate of drug-likeness (QED) is 0.405. The maximum atomic E-state index is 4.51. The summed E-state index contributed by atoms with van der Waals surface area (Å²) in [6.07, 6.45) is 8.52. The first-order valence-electron chi connectivity index (χ1n) is 12.1. The number of aryl methyl sites for hydroxylation is 3. The lowest BCUT2D eigenvalue weighted by Gasteiger charge is -2.38. The fourth-order valence-corrected chi connectivity index (χ4v) is 4.50. The Morgan fingerprint density at radius 3 is 2.13 bits per heavy atom. The number of hydrogen-bond acceptors (Lipinski definition) is 2. The van der Waals surface area contributed by atoms with E-state index in [9.17, 15) is 0 Å². The van der Waals surface area contributed by atoms with E-state index in [-0.39, 0.29) is 0 Å². The average Bonchev–Trinajstić information content (AvgIpc) is 2.79. The molecule has 0 spiro atoms. The Morgan fingerprint density at radius 2 is 1.50 bits per heavy atom. The number of benzene rings is 2. The zero-order valence-electron chi connectivity index (χ0n) is 19.4. The van der Waals surface area contributed by atoms with Gasteiger partial charge in [0.2, 0.25) is 0 Å². The maximum absolute atomic E-state index is 4.51. The van der Waals surface area contributed by atoms with E-state index in [1.165, 1.54) is 65.7 Å². The van der Waals surface area contributed by atoms with Crippen LogP contribution in [0.1, 0.15) is 68.7 Å². The Kier molecular flexibility index (Phi) is 8.42. The summed E-state index contributed by atoms with van der Waals surface area (Å²) in [5, 5.41) is 0. The van der Waals surface area contributed by atoms with E-state index in [2.05, 4.69) is 79.6 Å². The molecule has 2 nitrogen and oxygen atoms in total. The molecule has 0 aliphatic carbocycles. The third kappa shape index (κ3) is 5.68. The number of unbranched alkanes of at least 4 members (excludes halogenated alkanes) is 2. The smallest absolute Gasteiger partial charge is 0.0370 e. The molecule has 1 aliphatic rings. The van der Waals surface area contributed by atoms with Gasteiger partial charge in [0.25, 0.3) is 0 Å². The summed E-state index contributed by atoms with van der Waals surface area (Å²) in [7, 11) is 0. The van der Waals surface area contributed by atoms with Crippen LogP contribution in [0.25, 0.3) is 5.70 Å². The van der Waals surface area contributed by atoms with Gasteiger partial charge in [-0.2, -0.15) is 0 Å². The predicted molar refractivity (Wildman–Crippen MR) is 132 cm³/mol. The molecule has 1 heterocycles. The van der Waals surface area contributed by atoms with E-state index in [1.54, 1.807) is 0 Å². The van der Waals surface area contributed by atoms with Gasteiger partial charge in [0.05, 0.1) is 0 Å². The first-order chi connectivity index (χ1) is 14.7. The van der Waals surface area contributed by atoms with Crippen LogP contribution < -0.4 is 4.90 Å². The second kappa shape index (κ2) is 11.2. The standard InChI is InChI=1S/C28H40N2/c1-5-8-9-11-24-13-16-27(17-14-24)30-20-18-29(19-21-30)23(4)28-22-25(10-6-2)12-15-26(28)7-3/h12-17,22H,4-11,18-21H2,1-3H3. The van der Waals surface area contributed by atoms with Crippen molar-refractivity contribution in [2.45, 2.75) is 65.7 Å². The lowest BCUT2D eigenvalue weighted by atomic mass is 9.97. The van der Waals surface area contributed by atoms with Crippen LogP contribution in [0.3, 0.4) is 0 Å². The monoisotopic (exact) mass is 404 g/mol. The largest absolute Gasteiger partial charge is 0.368 e. The van der Waals surface area contributed by atoms with E-state index < -0.39 is 0 Å². The Balaban J connectivity index is 1.60. The van der Waals surface area contributed by atoms with Gasteiger partial charge >= 0.3 is 0 Å². The molecule has 3 rings (SSSR count). The highest BCUT2D eigenvalue weighted by atomic mass is 15.3. The molecule has 1 fully saturated rings. The number of piperazine rings is 1. The van der Waals surface area contributed by atoms with Crippen molar-refractivity contribution in [2.24, 2.45) is 0 Å². The molecule has 0 atom stereocenters. The summed E-state index contributed by atoms with van der Waals surface area (Å²) in [4.78, 5) is 5.01. The van der Waals surface area contributed by atoms with Gasteiger partial charge in [-0.15, -0.1) is 0 Å². The minimum atomic E-state index is 1.04. The van der Waals surface area contributed by atoms with Crippen LogP contribution >= 0.6 is 0 Å². The van der Waals surface area contributed by atoms with Crippen LogP contribution in [0.5, 0.6) is 0 Å². The first kappa shape index (κ1) is 22.5. The van der Waals surface area contributed by atoms with Crippen LogP contribution in [0, 0.1) is 0 Å². The zero-order chi connectivity index (χ0) is 21.3. The Labute approximate surface area is 184 Å². The van der Waals surface area contributed by atoms with Gasteiger partial charge in [-0.25, -0.2) is 0 Å². The molecule has 1 aliphatic heterocycles. The molecule has 0 bridgehead atoms. The Bertz CT molecular complexity index is 798. The van der Waals surface area contributed by atoms with Crippen molar-refractivity contribution in [1.82, 2.24) is 4.90 Å². The van der Waals surface area contributed by atoms with Gasteiger partial charge in [0.1, 0.15) is 0 Å². The van der Waals surface area contributed by atoms with Crippen molar-refractivity contribution in [3.63, 3.8) is 0 Å². The maximum Gasteiger partial charge on any atom is 0.0370 e. The number of rotatable bonds is 10. The van der Waals surface area contributed by atoms with Crippen molar-refractivity contribution >= 4 is 11.4 Å². The molecule has 0 aromatic heterocycles. The molecule has 2 aromatic rings. The highest BCUT2D eigenvalue weighted by molar-refractivity contribution is 5.66. The van der Waals surface area contributed by atoms with Crippen molar-refractivity contribution in [3.8, 4) is 0 Å². The molecule has 0 radical (unpaired) electrons. The molecule has 0 unspecified atom stereocenters. The van der Waals surface area contributed by atoms with Gasteiger partial charge in [0.15, 0.2) is 0 Å². The number of anilines is 1. The highest BCUT2D eigenvalue weighted by Gasteiger charge is 2.20. The van der Waals surface area contributed by atoms with Gasteiger partial charge in [-0.1, -0.05) is 70.9 Å². The average molecular weight is 405 g/mol. The fraction of sp³-hybridized carbons (Fsp3) is 0.500. The zero-order valence-corrected chi connectivity index (χ0v) is 19.4. The fourth-order valence-electron chi connectivity index (χ4n) is 4.50. The second-order valence-electron chi connectivity index (χ2n) is 8.64. The lowest BCUT2D eigenvalue weighted by molar-refractivity contribution is 0.368. The van der Waals surface area contributed by atoms with Crippen molar-refractivity contribution < 1.29 is 0 Å². The summed E-state index contributed by atoms with van der Waals surface area (Å²) in [5.41, 5.74) is 8.24. The molecule has 2 aromatic carbocycles. The van der Waals surface area contributed by atoms with Crippen LogP contribution in [-0.2, 0) is 19.3 Å². The summed E-state index contributed by atoms with van der Waals surface area (Å²) in [5.74, 6) is 0. The van der Waals surface area contributed by atoms with Crippen LogP contribution in [0.4, 0.5) is 5.69 Å². The molecule has 2 heteroatoms. The predicted octanol–water partition coefficient (Wildman–Crippen LogP) is 6.73. The Hall–Kier alpha value is -2.22. The summed E-state index contributed by atoms with van der Waals surface area (Å²) >= 11 is 0. The minimum Gasteiger partial charge on any atom is -0.368 e. The van der Waals surface area contributed by atoms with Crippen molar-refractivity contribution in [3.05, 3.63) is 71.3 Å². The third-order valence-electron chi connectivity index (χ3n) is 6.44. The van der Waals surface area contributed by atoms with Gasteiger partial charge in [-0.3, -0.25) is 0 Å². The lowest BCUT2D eigenvalue weighted by Crippen LogP contribution is -2.45. The van der Waals surface area contributed by atoms with E-state index in [0.29, 0.717) is 0 Å². The third-order valence-corrected chi connectivity index (χ3v) is 6.44. The molecule has 1 saturated heterocycles. The SMILES string of the molecule is C=C(c1cc(CCC)ccc1CC)N1CCN(c2ccc(CCCCC)cc2)CC1. The molecule has 0 N–H and O–H groups in total. The van der Waals surface area contributed by atoms with Gasteiger partial charge in [0, 0.05) is 43.1 Å². The summed E-state index contributed by atoms with van der Waals surface area (Å²) in [6, 6.07) is 16.3. The van der Waals surface area contributed by atoms with Gasteiger partial charge < -0.3 is 9.80 Å². The molecule has 0 amide bonds. The first-order valence-corrected chi connectivity index (χ1v) is 12.1. The molecular weight excluding hydrogens is 364 g/mol. The minimum absolute atomic E-state index is 1.04. The molecule has 162 valence electrons. The van der Waals surface area contributed by atoms with Crippen molar-refractivity contribution in [2.75, 3.05) is 31.1 Å². The molecular formula is C28H40N2. The van der Waals surface area contributed by atoms with E-state index in [4.69, 9.17) is 0 Å². The van der Waals surface area contributed by atoms with E-state index in [1.807, 2.05) is 0 Å². The van der Waals surface area contributed by atoms with Crippen molar-refractivity contribution in [1.29, 1.82) is 0 Å². The van der Waals surface area contributed by atoms with E-state index >= 15 is 0 Å². The van der Waals surface area contributed by atoms with Crippen LogP contribution in [-0.4, -0.2) is 31.1 Å². The van der Waals surface area contributed by atoms with Gasteiger partial charge in [-0.05, 0) is 60.6 Å². The number of nitrogens with zero attached hydrogens (tertiary/aromatic N) is 2. The van der Waals surface area contributed by atoms with Crippen LogP contribution in [0.15, 0.2) is 49.0 Å². The Morgan fingerprint density at radius 1 is 0.800 bits per heavy atom.